The van der Waals surface area contributed by atoms with Crippen LogP contribution in [0.25, 0.3) is 0 Å². The van der Waals surface area contributed by atoms with E-state index in [1.165, 1.54) is 0 Å². The maximum absolute atomic E-state index is 9.82. The summed E-state index contributed by atoms with van der Waals surface area (Å²) >= 11 is 0. The van der Waals surface area contributed by atoms with E-state index in [1.807, 2.05) is 0 Å². The van der Waals surface area contributed by atoms with Crippen LogP contribution in [0.2, 0.25) is 0 Å². The molecule has 12 heavy (non-hydrogen) atoms. The number of nitrogens with one attached hydrogen (secondary N) is 1. The fourth-order valence-corrected chi connectivity index (χ4v) is 2.22. The van der Waals surface area contributed by atoms with Crippen LogP contribution in [-0.2, 0) is 4.74 Å². The molecular weight excluding hydrogens is 154 g/mol. The summed E-state index contributed by atoms with van der Waals surface area (Å²) in [5, 5.41) is 13.1. The predicted octanol–water partition coefficient (Wildman–Crippen LogP) is 0.280. The Hall–Kier alpha value is -0.120. The first kappa shape index (κ1) is 8.48. The Kier molecular flexibility index (Phi) is 2.35. The van der Waals surface area contributed by atoms with Crippen molar-refractivity contribution in [3.05, 3.63) is 0 Å². The van der Waals surface area contributed by atoms with E-state index in [0.29, 0.717) is 0 Å². The van der Waals surface area contributed by atoms with E-state index in [9.17, 15) is 5.11 Å². The van der Waals surface area contributed by atoms with E-state index < -0.39 is 0 Å². The fraction of sp³-hybridized carbons (Fsp3) is 1.00. The third-order valence-electron chi connectivity index (χ3n) is 3.00. The van der Waals surface area contributed by atoms with Gasteiger partial charge < -0.3 is 15.2 Å². The highest BCUT2D eigenvalue weighted by Crippen LogP contribution is 2.31. The number of ether oxygens (including phenoxy) is 1. The maximum atomic E-state index is 9.82. The first-order valence-electron chi connectivity index (χ1n) is 4.86. The van der Waals surface area contributed by atoms with Gasteiger partial charge in [-0.3, -0.25) is 0 Å². The average molecular weight is 171 g/mol. The van der Waals surface area contributed by atoms with E-state index in [1.54, 1.807) is 0 Å². The second kappa shape index (κ2) is 3.32. The smallest absolute Gasteiger partial charge is 0.106 e. The van der Waals surface area contributed by atoms with Gasteiger partial charge in [-0.1, -0.05) is 0 Å². The van der Waals surface area contributed by atoms with E-state index in [-0.39, 0.29) is 11.7 Å². The molecule has 70 valence electrons. The zero-order valence-corrected chi connectivity index (χ0v) is 7.38. The second-order valence-electron chi connectivity index (χ2n) is 3.85. The van der Waals surface area contributed by atoms with Crippen molar-refractivity contribution in [3.8, 4) is 0 Å². The molecule has 0 saturated carbocycles. The lowest BCUT2D eigenvalue weighted by Crippen LogP contribution is -2.57. The largest absolute Gasteiger partial charge is 0.390 e. The normalized spacial score (nSPS) is 43.2. The van der Waals surface area contributed by atoms with Crippen molar-refractivity contribution >= 4 is 0 Å². The van der Waals surface area contributed by atoms with Crippen LogP contribution in [0.1, 0.15) is 25.7 Å². The summed E-state index contributed by atoms with van der Waals surface area (Å²) in [7, 11) is 0. The number of aliphatic hydroxyl groups is 1. The van der Waals surface area contributed by atoms with Crippen LogP contribution in [0.5, 0.6) is 0 Å². The van der Waals surface area contributed by atoms with Gasteiger partial charge in [0.2, 0.25) is 0 Å². The fourth-order valence-electron chi connectivity index (χ4n) is 2.22. The van der Waals surface area contributed by atoms with Gasteiger partial charge in [0.15, 0.2) is 0 Å². The summed E-state index contributed by atoms with van der Waals surface area (Å²) in [5.74, 6) is 0. The summed E-state index contributed by atoms with van der Waals surface area (Å²) in [5.41, 5.74) is -0.240. The molecule has 2 saturated heterocycles. The molecule has 2 rings (SSSR count). The number of hydrogen-bond donors (Lipinski definition) is 2. The molecule has 2 aliphatic rings. The zero-order chi connectivity index (χ0) is 8.44. The van der Waals surface area contributed by atoms with Crippen LogP contribution < -0.4 is 5.32 Å². The third kappa shape index (κ3) is 1.37. The van der Waals surface area contributed by atoms with Crippen LogP contribution in [0.4, 0.5) is 0 Å². The Morgan fingerprint density at radius 2 is 2.33 bits per heavy atom. The molecule has 0 unspecified atom stereocenters. The van der Waals surface area contributed by atoms with Crippen molar-refractivity contribution in [2.75, 3.05) is 19.7 Å². The molecule has 2 aliphatic heterocycles. The molecule has 3 heteroatoms. The molecule has 3 nitrogen and oxygen atoms in total. The molecule has 2 atom stereocenters. The van der Waals surface area contributed by atoms with E-state index in [4.69, 9.17) is 4.74 Å². The molecule has 2 N–H and O–H groups in total. The van der Waals surface area contributed by atoms with Crippen LogP contribution in [0, 0.1) is 0 Å². The molecule has 0 amide bonds. The molecule has 1 spiro atoms. The Morgan fingerprint density at radius 3 is 3.00 bits per heavy atom. The van der Waals surface area contributed by atoms with Crippen LogP contribution in [0.3, 0.4) is 0 Å². The van der Waals surface area contributed by atoms with Crippen molar-refractivity contribution in [2.45, 2.75) is 37.4 Å². The molecule has 0 aliphatic carbocycles. The van der Waals surface area contributed by atoms with Gasteiger partial charge in [-0.25, -0.2) is 0 Å². The molecule has 0 aromatic carbocycles. The lowest BCUT2D eigenvalue weighted by atomic mass is 9.84. The van der Waals surface area contributed by atoms with Gasteiger partial charge in [0.05, 0.1) is 6.10 Å². The highest BCUT2D eigenvalue weighted by atomic mass is 16.5. The minimum atomic E-state index is -0.251. The number of piperidine rings is 1. The van der Waals surface area contributed by atoms with Gasteiger partial charge in [-0.05, 0) is 32.2 Å². The van der Waals surface area contributed by atoms with Gasteiger partial charge in [-0.2, -0.15) is 0 Å². The number of rotatable bonds is 0. The van der Waals surface area contributed by atoms with Crippen molar-refractivity contribution < 1.29 is 9.84 Å². The summed E-state index contributed by atoms with van der Waals surface area (Å²) in [6.45, 7) is 2.71. The van der Waals surface area contributed by atoms with Crippen molar-refractivity contribution in [2.24, 2.45) is 0 Å². The third-order valence-corrected chi connectivity index (χ3v) is 3.00. The number of hydrogen-bond acceptors (Lipinski definition) is 3. The van der Waals surface area contributed by atoms with E-state index in [2.05, 4.69) is 5.32 Å². The van der Waals surface area contributed by atoms with Crippen LogP contribution in [0.15, 0.2) is 0 Å². The van der Waals surface area contributed by atoms with Gasteiger partial charge in [0, 0.05) is 13.2 Å². The van der Waals surface area contributed by atoms with Crippen molar-refractivity contribution in [1.29, 1.82) is 0 Å². The van der Waals surface area contributed by atoms with E-state index >= 15 is 0 Å². The highest BCUT2D eigenvalue weighted by Gasteiger charge is 2.41. The Labute approximate surface area is 73.1 Å². The lowest BCUT2D eigenvalue weighted by molar-refractivity contribution is -0.162. The standard InChI is InChI=1S/C9H17NO2/c11-8-3-1-6-12-9(8)4-2-5-10-7-9/h8,10-11H,1-7H2/t8-,9-/m0/s1. The lowest BCUT2D eigenvalue weighted by Gasteiger charge is -2.44. The Morgan fingerprint density at radius 1 is 1.42 bits per heavy atom. The van der Waals surface area contributed by atoms with Crippen LogP contribution >= 0.6 is 0 Å². The molecule has 0 aromatic rings. The van der Waals surface area contributed by atoms with Gasteiger partial charge >= 0.3 is 0 Å². The van der Waals surface area contributed by atoms with Gasteiger partial charge in [0.25, 0.3) is 0 Å². The molecule has 0 radical (unpaired) electrons. The monoisotopic (exact) mass is 171 g/mol. The summed E-state index contributed by atoms with van der Waals surface area (Å²) in [4.78, 5) is 0. The SMILES string of the molecule is O[C@H]1CCCO[C@]12CCCNC2. The summed E-state index contributed by atoms with van der Waals surface area (Å²) in [6, 6.07) is 0. The van der Waals surface area contributed by atoms with Gasteiger partial charge in [-0.15, -0.1) is 0 Å². The first-order valence-corrected chi connectivity index (χ1v) is 4.86. The Balaban J connectivity index is 2.04. The highest BCUT2D eigenvalue weighted by molar-refractivity contribution is 4.95. The van der Waals surface area contributed by atoms with Gasteiger partial charge in [0.1, 0.15) is 5.60 Å². The Bertz CT molecular complexity index is 146. The molecular formula is C9H17NO2. The maximum Gasteiger partial charge on any atom is 0.106 e. The topological polar surface area (TPSA) is 41.5 Å². The minimum absolute atomic E-state index is 0.240. The predicted molar refractivity (Wildman–Crippen MR) is 46.0 cm³/mol. The quantitative estimate of drug-likeness (QED) is 0.550. The summed E-state index contributed by atoms with van der Waals surface area (Å²) in [6.07, 6.45) is 3.79. The van der Waals surface area contributed by atoms with Crippen molar-refractivity contribution in [3.63, 3.8) is 0 Å². The minimum Gasteiger partial charge on any atom is -0.390 e. The average Bonchev–Trinajstić information content (AvgIpc) is 2.12. The molecule has 2 fully saturated rings. The molecule has 0 aromatic heterocycles. The van der Waals surface area contributed by atoms with Crippen LogP contribution in [-0.4, -0.2) is 36.5 Å². The number of aliphatic hydroxyl groups excluding tert-OH is 1. The second-order valence-corrected chi connectivity index (χ2v) is 3.85. The van der Waals surface area contributed by atoms with Crippen molar-refractivity contribution in [1.82, 2.24) is 5.32 Å². The summed E-state index contributed by atoms with van der Waals surface area (Å²) < 4.78 is 5.71. The molecule has 2 heterocycles. The first-order chi connectivity index (χ1) is 5.83. The molecule has 0 bridgehead atoms. The van der Waals surface area contributed by atoms with E-state index in [0.717, 1.165) is 45.4 Å². The zero-order valence-electron chi connectivity index (χ0n) is 7.38.